The Morgan fingerprint density at radius 2 is 2.30 bits per heavy atom. The van der Waals surface area contributed by atoms with E-state index < -0.39 is 5.54 Å². The zero-order valence-corrected chi connectivity index (χ0v) is 12.3. The van der Waals surface area contributed by atoms with Gasteiger partial charge in [-0.1, -0.05) is 30.0 Å². The van der Waals surface area contributed by atoms with Crippen LogP contribution >= 0.6 is 11.8 Å². The van der Waals surface area contributed by atoms with Gasteiger partial charge >= 0.3 is 0 Å². The van der Waals surface area contributed by atoms with Crippen LogP contribution in [0.2, 0.25) is 0 Å². The highest BCUT2D eigenvalue weighted by atomic mass is 32.2. The quantitative estimate of drug-likeness (QED) is 0.932. The van der Waals surface area contributed by atoms with Gasteiger partial charge in [0.15, 0.2) is 5.17 Å². The zero-order valence-electron chi connectivity index (χ0n) is 11.5. The molecule has 0 aromatic heterocycles. The van der Waals surface area contributed by atoms with Gasteiger partial charge in [0.25, 0.3) is 0 Å². The van der Waals surface area contributed by atoms with Crippen molar-refractivity contribution in [2.75, 3.05) is 12.4 Å². The van der Waals surface area contributed by atoms with E-state index in [1.54, 1.807) is 17.8 Å². The van der Waals surface area contributed by atoms with Crippen LogP contribution in [0.3, 0.4) is 0 Å². The molecule has 3 nitrogen and oxygen atoms in total. The SMILES string of the molecule is CCO[C@H]1C[C@H]2CSC(N)=N[C@@]2(c2ccccc2F)C1. The van der Waals surface area contributed by atoms with Gasteiger partial charge in [-0.25, -0.2) is 4.39 Å². The minimum atomic E-state index is -0.541. The average molecular weight is 294 g/mol. The molecule has 5 heteroatoms. The maximum absolute atomic E-state index is 14.3. The number of ether oxygens (including phenoxy) is 1. The van der Waals surface area contributed by atoms with Gasteiger partial charge in [-0.05, 0) is 19.4 Å². The summed E-state index contributed by atoms with van der Waals surface area (Å²) < 4.78 is 20.1. The number of nitrogens with zero attached hydrogens (tertiary/aromatic N) is 1. The average Bonchev–Trinajstić information content (AvgIpc) is 2.77. The highest BCUT2D eigenvalue weighted by molar-refractivity contribution is 8.13. The van der Waals surface area contributed by atoms with E-state index in [1.165, 1.54) is 6.07 Å². The molecule has 1 aromatic carbocycles. The van der Waals surface area contributed by atoms with E-state index in [0.717, 1.165) is 12.2 Å². The topological polar surface area (TPSA) is 47.6 Å². The summed E-state index contributed by atoms with van der Waals surface area (Å²) in [6.07, 6.45) is 1.78. The number of nitrogens with two attached hydrogens (primary N) is 1. The first-order chi connectivity index (χ1) is 9.65. The first-order valence-corrected chi connectivity index (χ1v) is 7.99. The van der Waals surface area contributed by atoms with E-state index in [2.05, 4.69) is 4.99 Å². The lowest BCUT2D eigenvalue weighted by Crippen LogP contribution is -2.37. The molecule has 1 aliphatic heterocycles. The highest BCUT2D eigenvalue weighted by Gasteiger charge is 2.51. The predicted octanol–water partition coefficient (Wildman–Crippen LogP) is 2.90. The molecule has 2 aliphatic rings. The van der Waals surface area contributed by atoms with Gasteiger partial charge in [-0.2, -0.15) is 0 Å². The Labute approximate surface area is 122 Å². The first kappa shape index (κ1) is 13.9. The van der Waals surface area contributed by atoms with Crippen molar-refractivity contribution < 1.29 is 9.13 Å². The number of hydrogen-bond acceptors (Lipinski definition) is 4. The molecule has 0 saturated heterocycles. The lowest BCUT2D eigenvalue weighted by atomic mass is 9.81. The minimum Gasteiger partial charge on any atom is -0.379 e. The van der Waals surface area contributed by atoms with E-state index in [1.807, 2.05) is 19.1 Å². The molecule has 1 saturated carbocycles. The molecular weight excluding hydrogens is 275 g/mol. The molecule has 108 valence electrons. The van der Waals surface area contributed by atoms with Crippen LogP contribution < -0.4 is 5.73 Å². The number of rotatable bonds is 3. The summed E-state index contributed by atoms with van der Waals surface area (Å²) in [6, 6.07) is 6.92. The van der Waals surface area contributed by atoms with Crippen LogP contribution in [-0.2, 0) is 10.3 Å². The molecule has 0 amide bonds. The largest absolute Gasteiger partial charge is 0.379 e. The Morgan fingerprint density at radius 3 is 3.05 bits per heavy atom. The van der Waals surface area contributed by atoms with Crippen molar-refractivity contribution in [3.63, 3.8) is 0 Å². The second-order valence-electron chi connectivity index (χ2n) is 5.38. The summed E-state index contributed by atoms with van der Waals surface area (Å²) in [6.45, 7) is 2.67. The van der Waals surface area contributed by atoms with Gasteiger partial charge < -0.3 is 10.5 Å². The molecular formula is C15H19FN2OS. The first-order valence-electron chi connectivity index (χ1n) is 7.00. The molecule has 3 atom stereocenters. The van der Waals surface area contributed by atoms with Crippen molar-refractivity contribution >= 4 is 16.9 Å². The molecule has 0 unspecified atom stereocenters. The van der Waals surface area contributed by atoms with Gasteiger partial charge in [-0.15, -0.1) is 0 Å². The summed E-state index contributed by atoms with van der Waals surface area (Å²) in [5.74, 6) is 0.971. The van der Waals surface area contributed by atoms with Crippen molar-refractivity contribution in [3.05, 3.63) is 35.6 Å². The van der Waals surface area contributed by atoms with Crippen LogP contribution in [0.1, 0.15) is 25.3 Å². The number of fused-ring (bicyclic) bond motifs is 1. The second kappa shape index (κ2) is 5.37. The Balaban J connectivity index is 2.05. The fourth-order valence-electron chi connectivity index (χ4n) is 3.43. The molecule has 1 heterocycles. The van der Waals surface area contributed by atoms with E-state index >= 15 is 0 Å². The number of benzene rings is 1. The Kier molecular flexibility index (Phi) is 3.73. The van der Waals surface area contributed by atoms with Gasteiger partial charge in [0.2, 0.25) is 0 Å². The van der Waals surface area contributed by atoms with Crippen molar-refractivity contribution in [2.24, 2.45) is 16.6 Å². The Hall–Kier alpha value is -1.07. The van der Waals surface area contributed by atoms with E-state index in [9.17, 15) is 4.39 Å². The summed E-state index contributed by atoms with van der Waals surface area (Å²) in [5, 5.41) is 0.557. The molecule has 2 N–H and O–H groups in total. The molecule has 20 heavy (non-hydrogen) atoms. The van der Waals surface area contributed by atoms with Crippen molar-refractivity contribution in [2.45, 2.75) is 31.4 Å². The standard InChI is InChI=1S/C15H19FN2OS/c1-2-19-11-7-10-9-20-14(17)18-15(10,8-11)12-5-3-4-6-13(12)16/h3-6,10-11H,2,7-9H2,1H3,(H2,17,18)/t10-,11-,15-/m0/s1. The van der Waals surface area contributed by atoms with E-state index in [-0.39, 0.29) is 17.8 Å². The Bertz CT molecular complexity index is 536. The van der Waals surface area contributed by atoms with Crippen LogP contribution in [-0.4, -0.2) is 23.6 Å². The third kappa shape index (κ3) is 2.23. The van der Waals surface area contributed by atoms with Crippen molar-refractivity contribution in [3.8, 4) is 0 Å². The lowest BCUT2D eigenvalue weighted by Gasteiger charge is -2.35. The predicted molar refractivity (Wildman–Crippen MR) is 80.3 cm³/mol. The molecule has 0 radical (unpaired) electrons. The molecule has 1 fully saturated rings. The monoisotopic (exact) mass is 294 g/mol. The summed E-state index contributed by atoms with van der Waals surface area (Å²) in [7, 11) is 0. The normalized spacial score (nSPS) is 32.8. The fourth-order valence-corrected chi connectivity index (χ4v) is 4.44. The van der Waals surface area contributed by atoms with E-state index in [0.29, 0.717) is 23.8 Å². The van der Waals surface area contributed by atoms with E-state index in [4.69, 9.17) is 10.5 Å². The van der Waals surface area contributed by atoms with Crippen LogP contribution in [0.25, 0.3) is 0 Å². The molecule has 3 rings (SSSR count). The number of thioether (sulfide) groups is 1. The van der Waals surface area contributed by atoms with Crippen LogP contribution in [0.5, 0.6) is 0 Å². The summed E-state index contributed by atoms with van der Waals surface area (Å²) in [5.41, 5.74) is 6.05. The molecule has 1 aromatic rings. The van der Waals surface area contributed by atoms with Gasteiger partial charge in [-0.3, -0.25) is 4.99 Å². The fraction of sp³-hybridized carbons (Fsp3) is 0.533. The molecule has 1 aliphatic carbocycles. The van der Waals surface area contributed by atoms with Crippen LogP contribution in [0.15, 0.2) is 29.3 Å². The smallest absolute Gasteiger partial charge is 0.154 e. The van der Waals surface area contributed by atoms with Gasteiger partial charge in [0.05, 0.1) is 11.6 Å². The zero-order chi connectivity index (χ0) is 14.2. The number of hydrogen-bond donors (Lipinski definition) is 1. The minimum absolute atomic E-state index is 0.139. The van der Waals surface area contributed by atoms with Gasteiger partial charge in [0, 0.05) is 30.3 Å². The highest BCUT2D eigenvalue weighted by Crippen LogP contribution is 2.52. The lowest BCUT2D eigenvalue weighted by molar-refractivity contribution is 0.0629. The maximum atomic E-state index is 14.3. The molecule has 0 bridgehead atoms. The van der Waals surface area contributed by atoms with Crippen molar-refractivity contribution in [1.82, 2.24) is 0 Å². The third-order valence-electron chi connectivity index (χ3n) is 4.25. The second-order valence-corrected chi connectivity index (χ2v) is 6.42. The Morgan fingerprint density at radius 1 is 1.50 bits per heavy atom. The number of aliphatic imine (C=N–C) groups is 1. The molecule has 0 spiro atoms. The number of amidine groups is 1. The van der Waals surface area contributed by atoms with Gasteiger partial charge in [0.1, 0.15) is 5.82 Å². The van der Waals surface area contributed by atoms with Crippen LogP contribution in [0, 0.1) is 11.7 Å². The summed E-state index contributed by atoms with van der Waals surface area (Å²) >= 11 is 1.56. The third-order valence-corrected chi connectivity index (χ3v) is 5.20. The summed E-state index contributed by atoms with van der Waals surface area (Å²) in [4.78, 5) is 4.68. The van der Waals surface area contributed by atoms with Crippen molar-refractivity contribution in [1.29, 1.82) is 0 Å². The number of halogens is 1. The van der Waals surface area contributed by atoms with Crippen LogP contribution in [0.4, 0.5) is 4.39 Å². The maximum Gasteiger partial charge on any atom is 0.154 e.